The van der Waals surface area contributed by atoms with E-state index < -0.39 is 0 Å². The number of amides is 1. The largest absolute Gasteiger partial charge is 0.496 e. The quantitative estimate of drug-likeness (QED) is 0.689. The monoisotopic (exact) mass is 401 g/mol. The van der Waals surface area contributed by atoms with Gasteiger partial charge in [-0.1, -0.05) is 18.2 Å². The third-order valence-corrected chi connectivity index (χ3v) is 7.53. The predicted molar refractivity (Wildman–Crippen MR) is 116 cm³/mol. The van der Waals surface area contributed by atoms with Crippen LogP contribution in [0.2, 0.25) is 0 Å². The van der Waals surface area contributed by atoms with Crippen LogP contribution in [0.4, 0.5) is 0 Å². The molecule has 0 radical (unpaired) electrons. The fourth-order valence-corrected chi connectivity index (χ4v) is 6.79. The summed E-state index contributed by atoms with van der Waals surface area (Å²) in [5.74, 6) is 3.82. The van der Waals surface area contributed by atoms with Crippen molar-refractivity contribution in [3.63, 3.8) is 0 Å². The molecule has 30 heavy (non-hydrogen) atoms. The number of pyridine rings is 1. The van der Waals surface area contributed by atoms with E-state index in [0.717, 1.165) is 59.7 Å². The first-order valence-corrected chi connectivity index (χ1v) is 11.1. The van der Waals surface area contributed by atoms with Crippen molar-refractivity contribution in [2.75, 3.05) is 7.11 Å². The van der Waals surface area contributed by atoms with Gasteiger partial charge in [0.2, 0.25) is 0 Å². The molecule has 5 heteroatoms. The Labute approximate surface area is 176 Å². The Bertz CT molecular complexity index is 1100. The van der Waals surface area contributed by atoms with E-state index in [2.05, 4.69) is 5.32 Å². The highest BCUT2D eigenvalue weighted by molar-refractivity contribution is 6.00. The van der Waals surface area contributed by atoms with Crippen LogP contribution < -0.4 is 10.1 Å². The number of imidazole rings is 1. The maximum absolute atomic E-state index is 13.5. The number of nitrogens with zero attached hydrogens (tertiary/aromatic N) is 2. The summed E-state index contributed by atoms with van der Waals surface area (Å²) < 4.78 is 7.55. The number of rotatable bonds is 4. The van der Waals surface area contributed by atoms with Crippen LogP contribution in [-0.4, -0.2) is 27.9 Å². The van der Waals surface area contributed by atoms with Crippen molar-refractivity contribution < 1.29 is 9.53 Å². The van der Waals surface area contributed by atoms with E-state index >= 15 is 0 Å². The number of hydrogen-bond donors (Lipinski definition) is 1. The van der Waals surface area contributed by atoms with Gasteiger partial charge < -0.3 is 10.1 Å². The molecule has 4 bridgehead atoms. The van der Waals surface area contributed by atoms with Crippen LogP contribution in [0.15, 0.2) is 48.7 Å². The summed E-state index contributed by atoms with van der Waals surface area (Å²) >= 11 is 0. The topological polar surface area (TPSA) is 55.6 Å². The van der Waals surface area contributed by atoms with Gasteiger partial charge in [-0.25, -0.2) is 4.98 Å². The lowest BCUT2D eigenvalue weighted by molar-refractivity contribution is -0.0167. The number of methoxy groups -OCH3 is 1. The lowest BCUT2D eigenvalue weighted by Gasteiger charge is -2.56. The number of hydrogen-bond acceptors (Lipinski definition) is 3. The Morgan fingerprint density at radius 2 is 1.70 bits per heavy atom. The van der Waals surface area contributed by atoms with Gasteiger partial charge in [-0.15, -0.1) is 0 Å². The number of nitrogens with one attached hydrogen (secondary N) is 1. The van der Waals surface area contributed by atoms with Crippen molar-refractivity contribution in [2.24, 2.45) is 17.8 Å². The van der Waals surface area contributed by atoms with Crippen LogP contribution in [0.25, 0.3) is 16.9 Å². The van der Waals surface area contributed by atoms with E-state index in [4.69, 9.17) is 9.72 Å². The second-order valence-corrected chi connectivity index (χ2v) is 9.59. The van der Waals surface area contributed by atoms with E-state index in [1.807, 2.05) is 53.1 Å². The lowest BCUT2D eigenvalue weighted by Crippen LogP contribution is -2.59. The van der Waals surface area contributed by atoms with E-state index in [9.17, 15) is 4.79 Å². The molecule has 0 spiro atoms. The summed E-state index contributed by atoms with van der Waals surface area (Å²) in [6.07, 6.45) is 9.45. The van der Waals surface area contributed by atoms with Crippen molar-refractivity contribution in [3.05, 3.63) is 54.4 Å². The molecule has 5 nitrogen and oxygen atoms in total. The number of fused-ring (bicyclic) bond motifs is 1. The van der Waals surface area contributed by atoms with Crippen LogP contribution >= 0.6 is 0 Å². The Morgan fingerprint density at radius 1 is 1.03 bits per heavy atom. The van der Waals surface area contributed by atoms with Crippen LogP contribution in [-0.2, 0) is 0 Å². The third-order valence-electron chi connectivity index (χ3n) is 7.53. The molecule has 4 aliphatic rings. The number of benzene rings is 1. The second kappa shape index (κ2) is 6.59. The van der Waals surface area contributed by atoms with Gasteiger partial charge in [0.25, 0.3) is 5.91 Å². The minimum absolute atomic E-state index is 0.0266. The van der Waals surface area contributed by atoms with Gasteiger partial charge in [-0.05, 0) is 80.5 Å². The molecule has 2 heterocycles. The smallest absolute Gasteiger partial charge is 0.272 e. The Hall–Kier alpha value is -2.82. The molecule has 3 aromatic rings. The first kappa shape index (κ1) is 18.0. The third kappa shape index (κ3) is 2.75. The Kier molecular flexibility index (Phi) is 3.95. The van der Waals surface area contributed by atoms with Crippen molar-refractivity contribution in [1.29, 1.82) is 0 Å². The first-order valence-electron chi connectivity index (χ1n) is 11.1. The van der Waals surface area contributed by atoms with Crippen LogP contribution in [0.1, 0.15) is 49.0 Å². The fourth-order valence-electron chi connectivity index (χ4n) is 6.79. The summed E-state index contributed by atoms with van der Waals surface area (Å²) in [7, 11) is 1.66. The molecule has 0 aliphatic heterocycles. The summed E-state index contributed by atoms with van der Waals surface area (Å²) in [5, 5.41) is 3.48. The molecule has 1 amide bonds. The average molecular weight is 402 g/mol. The predicted octanol–water partition coefficient (Wildman–Crippen LogP) is 4.71. The van der Waals surface area contributed by atoms with Crippen molar-refractivity contribution in [1.82, 2.24) is 14.7 Å². The Balaban J connectivity index is 1.39. The van der Waals surface area contributed by atoms with Gasteiger partial charge >= 0.3 is 0 Å². The summed E-state index contributed by atoms with van der Waals surface area (Å²) in [4.78, 5) is 18.4. The number of aromatic nitrogens is 2. The molecule has 0 atom stereocenters. The molecule has 4 fully saturated rings. The minimum atomic E-state index is -0.0400. The Morgan fingerprint density at radius 3 is 2.40 bits per heavy atom. The molecule has 0 saturated heterocycles. The van der Waals surface area contributed by atoms with Gasteiger partial charge in [0, 0.05) is 11.7 Å². The SMILES string of the molecule is COc1ccccc1-c1nc(C(=O)NC23CC4CC(CC(C4)C2)C3)c2ccccn12. The van der Waals surface area contributed by atoms with E-state index in [1.54, 1.807) is 7.11 Å². The van der Waals surface area contributed by atoms with Gasteiger partial charge in [0.15, 0.2) is 5.69 Å². The van der Waals surface area contributed by atoms with Crippen LogP contribution in [0, 0.1) is 17.8 Å². The van der Waals surface area contributed by atoms with Crippen LogP contribution in [0.5, 0.6) is 5.75 Å². The summed E-state index contributed by atoms with van der Waals surface area (Å²) in [6, 6.07) is 13.7. The molecular weight excluding hydrogens is 374 g/mol. The normalized spacial score (nSPS) is 29.3. The van der Waals surface area contributed by atoms with E-state index in [-0.39, 0.29) is 11.4 Å². The van der Waals surface area contributed by atoms with Gasteiger partial charge in [-0.2, -0.15) is 0 Å². The molecule has 7 rings (SSSR count). The highest BCUT2D eigenvalue weighted by Crippen LogP contribution is 2.55. The first-order chi connectivity index (χ1) is 14.6. The van der Waals surface area contributed by atoms with Crippen molar-refractivity contribution in [2.45, 2.75) is 44.1 Å². The number of para-hydroxylation sites is 1. The molecular formula is C25H27N3O2. The molecule has 1 aromatic carbocycles. The average Bonchev–Trinajstić information content (AvgIpc) is 3.12. The minimum Gasteiger partial charge on any atom is -0.496 e. The van der Waals surface area contributed by atoms with E-state index in [1.165, 1.54) is 19.3 Å². The molecule has 2 aromatic heterocycles. The van der Waals surface area contributed by atoms with Crippen molar-refractivity contribution >= 4 is 11.4 Å². The number of ether oxygens (including phenoxy) is 1. The second-order valence-electron chi connectivity index (χ2n) is 9.59. The molecule has 154 valence electrons. The van der Waals surface area contributed by atoms with Gasteiger partial charge in [0.05, 0.1) is 18.2 Å². The maximum atomic E-state index is 13.5. The molecule has 1 N–H and O–H groups in total. The fraction of sp³-hybridized carbons (Fsp3) is 0.440. The lowest BCUT2D eigenvalue weighted by atomic mass is 9.53. The summed E-state index contributed by atoms with van der Waals surface area (Å²) in [6.45, 7) is 0. The zero-order valence-corrected chi connectivity index (χ0v) is 17.3. The van der Waals surface area contributed by atoms with Gasteiger partial charge in [-0.3, -0.25) is 9.20 Å². The van der Waals surface area contributed by atoms with Crippen molar-refractivity contribution in [3.8, 4) is 17.1 Å². The number of carbonyl (C=O) groups is 1. The molecule has 4 aliphatic carbocycles. The summed E-state index contributed by atoms with van der Waals surface area (Å²) in [5.41, 5.74) is 2.20. The highest BCUT2D eigenvalue weighted by Gasteiger charge is 2.51. The number of carbonyl (C=O) groups excluding carboxylic acids is 1. The maximum Gasteiger partial charge on any atom is 0.272 e. The molecule has 4 saturated carbocycles. The zero-order valence-electron chi connectivity index (χ0n) is 17.3. The standard InChI is InChI=1S/C25H27N3O2/c1-30-21-8-3-2-6-19(21)23-26-22(20-7-4-5-9-28(20)23)24(29)27-25-13-16-10-17(14-25)12-18(11-16)15-25/h2-9,16-18H,10-15H2,1H3,(H,27,29). The zero-order chi connectivity index (χ0) is 20.3. The molecule has 0 unspecified atom stereocenters. The highest BCUT2D eigenvalue weighted by atomic mass is 16.5. The van der Waals surface area contributed by atoms with Crippen LogP contribution in [0.3, 0.4) is 0 Å². The van der Waals surface area contributed by atoms with Gasteiger partial charge in [0.1, 0.15) is 11.6 Å². The van der Waals surface area contributed by atoms with E-state index in [0.29, 0.717) is 5.69 Å².